The fourth-order valence-electron chi connectivity index (χ4n) is 2.13. The van der Waals surface area contributed by atoms with Gasteiger partial charge in [0.05, 0.1) is 6.04 Å². The zero-order valence-electron chi connectivity index (χ0n) is 10.4. The maximum Gasteiger partial charge on any atom is 0.257 e. The van der Waals surface area contributed by atoms with Crippen molar-refractivity contribution in [2.24, 2.45) is 0 Å². The van der Waals surface area contributed by atoms with Crippen LogP contribution in [0.4, 0.5) is 8.78 Å². The van der Waals surface area contributed by atoms with Crippen molar-refractivity contribution in [3.63, 3.8) is 0 Å². The van der Waals surface area contributed by atoms with Crippen LogP contribution in [0.2, 0.25) is 0 Å². The number of nitrogens with one attached hydrogen (secondary N) is 1. The first-order valence-electron chi connectivity index (χ1n) is 6.10. The fraction of sp³-hybridized carbons (Fsp3) is 0.429. The molecule has 1 unspecified atom stereocenters. The van der Waals surface area contributed by atoms with Gasteiger partial charge in [-0.15, -0.1) is 11.8 Å². The van der Waals surface area contributed by atoms with E-state index in [2.05, 4.69) is 11.9 Å². The summed E-state index contributed by atoms with van der Waals surface area (Å²) in [6, 6.07) is 4.96. The summed E-state index contributed by atoms with van der Waals surface area (Å²) >= 11 is 1.78. The average molecular weight is 269 g/mol. The Bertz CT molecular complexity index is 445. The van der Waals surface area contributed by atoms with Gasteiger partial charge in [0.1, 0.15) is 0 Å². The van der Waals surface area contributed by atoms with Crippen LogP contribution in [0.25, 0.3) is 5.57 Å². The number of halogens is 2. The number of likely N-dealkylation sites (N-methyl/N-ethyl adjacent to an activating group) is 1. The van der Waals surface area contributed by atoms with Crippen molar-refractivity contribution < 1.29 is 8.78 Å². The highest BCUT2D eigenvalue weighted by Crippen LogP contribution is 2.34. The van der Waals surface area contributed by atoms with E-state index in [-0.39, 0.29) is 0 Å². The largest absolute Gasteiger partial charge is 0.306 e. The molecule has 0 amide bonds. The van der Waals surface area contributed by atoms with E-state index in [1.165, 1.54) is 10.5 Å². The molecule has 1 nitrogen and oxygen atoms in total. The third kappa shape index (κ3) is 2.75. The van der Waals surface area contributed by atoms with E-state index in [9.17, 15) is 8.78 Å². The number of alkyl halides is 2. The van der Waals surface area contributed by atoms with E-state index in [1.54, 1.807) is 11.8 Å². The van der Waals surface area contributed by atoms with Gasteiger partial charge < -0.3 is 5.32 Å². The molecule has 4 heteroatoms. The quantitative estimate of drug-likeness (QED) is 0.876. The number of fused-ring (bicyclic) bond motifs is 1. The lowest BCUT2D eigenvalue weighted by atomic mass is 9.98. The monoisotopic (exact) mass is 269 g/mol. The molecule has 0 radical (unpaired) electrons. The smallest absolute Gasteiger partial charge is 0.257 e. The van der Waals surface area contributed by atoms with Gasteiger partial charge in [0.2, 0.25) is 0 Å². The normalized spacial score (nSPS) is 15.8. The van der Waals surface area contributed by atoms with Gasteiger partial charge in [-0.1, -0.05) is 25.6 Å². The zero-order valence-corrected chi connectivity index (χ0v) is 11.2. The van der Waals surface area contributed by atoms with E-state index in [1.807, 2.05) is 25.1 Å². The van der Waals surface area contributed by atoms with Gasteiger partial charge in [0.15, 0.2) is 0 Å². The number of rotatable bonds is 5. The lowest BCUT2D eigenvalue weighted by Gasteiger charge is -2.20. The fourth-order valence-corrected chi connectivity index (χ4v) is 3.24. The second kappa shape index (κ2) is 5.85. The van der Waals surface area contributed by atoms with Crippen molar-refractivity contribution >= 4 is 17.3 Å². The van der Waals surface area contributed by atoms with Crippen LogP contribution in [0.3, 0.4) is 0 Å². The second-order valence-electron chi connectivity index (χ2n) is 4.32. The van der Waals surface area contributed by atoms with Crippen molar-refractivity contribution in [2.45, 2.75) is 30.7 Å². The van der Waals surface area contributed by atoms with Gasteiger partial charge in [-0.2, -0.15) is 0 Å². The first kappa shape index (κ1) is 13.6. The number of hydrogen-bond acceptors (Lipinski definition) is 2. The van der Waals surface area contributed by atoms with Gasteiger partial charge >= 0.3 is 0 Å². The minimum atomic E-state index is -2.43. The topological polar surface area (TPSA) is 12.0 Å². The number of benzene rings is 1. The highest BCUT2D eigenvalue weighted by Gasteiger charge is 2.24. The summed E-state index contributed by atoms with van der Waals surface area (Å²) in [5.74, 6) is 1.08. The molecule has 0 saturated carbocycles. The summed E-state index contributed by atoms with van der Waals surface area (Å²) in [4.78, 5) is 1.21. The molecule has 0 aliphatic carbocycles. The first-order valence-corrected chi connectivity index (χ1v) is 7.08. The molecule has 0 saturated heterocycles. The zero-order chi connectivity index (χ0) is 13.1. The molecule has 0 bridgehead atoms. The predicted octanol–water partition coefficient (Wildman–Crippen LogP) is 3.59. The van der Waals surface area contributed by atoms with Gasteiger partial charge in [-0.05, 0) is 35.7 Å². The number of aryl methyl sites for hydroxylation is 1. The Morgan fingerprint density at radius 1 is 1.50 bits per heavy atom. The molecule has 98 valence electrons. The summed E-state index contributed by atoms with van der Waals surface area (Å²) in [6.07, 6.45) is -1.36. The van der Waals surface area contributed by atoms with E-state index in [4.69, 9.17) is 0 Å². The van der Waals surface area contributed by atoms with E-state index in [0.29, 0.717) is 12.1 Å². The van der Waals surface area contributed by atoms with Crippen LogP contribution in [-0.4, -0.2) is 24.8 Å². The Kier molecular flexibility index (Phi) is 4.40. The molecule has 18 heavy (non-hydrogen) atoms. The molecule has 1 heterocycles. The molecule has 2 rings (SSSR count). The molecule has 1 aliphatic rings. The Morgan fingerprint density at radius 2 is 2.28 bits per heavy atom. The third-order valence-corrected chi connectivity index (χ3v) is 4.22. The standard InChI is InChI=1S/C14H17F2NS/c1-3-17-13(14(15)16)9(2)11-5-4-10-6-7-18-12(10)8-11/h4-5,8,13-14,17H,2-3,6-7H2,1H3. The molecule has 0 fully saturated rings. The molecule has 1 atom stereocenters. The summed E-state index contributed by atoms with van der Waals surface area (Å²) in [7, 11) is 0. The van der Waals surface area contributed by atoms with Crippen LogP contribution in [0.1, 0.15) is 18.1 Å². The molecule has 0 spiro atoms. The minimum Gasteiger partial charge on any atom is -0.306 e. The second-order valence-corrected chi connectivity index (χ2v) is 5.45. The number of thioether (sulfide) groups is 1. The van der Waals surface area contributed by atoms with Gasteiger partial charge in [0.25, 0.3) is 6.43 Å². The molecule has 1 aromatic rings. The minimum absolute atomic E-state index is 0.474. The Hall–Kier alpha value is -0.870. The maximum atomic E-state index is 13.0. The predicted molar refractivity (Wildman–Crippen MR) is 73.4 cm³/mol. The van der Waals surface area contributed by atoms with Crippen LogP contribution < -0.4 is 5.32 Å². The lowest BCUT2D eigenvalue weighted by Crippen LogP contribution is -2.36. The van der Waals surface area contributed by atoms with E-state index >= 15 is 0 Å². The first-order chi connectivity index (χ1) is 8.63. The van der Waals surface area contributed by atoms with Crippen molar-refractivity contribution in [1.82, 2.24) is 5.32 Å². The van der Waals surface area contributed by atoms with Crippen LogP contribution in [0.15, 0.2) is 29.7 Å². The van der Waals surface area contributed by atoms with Crippen LogP contribution in [0, 0.1) is 0 Å². The molecule has 1 aromatic carbocycles. The summed E-state index contributed by atoms with van der Waals surface area (Å²) in [5.41, 5.74) is 2.60. The van der Waals surface area contributed by atoms with Gasteiger partial charge in [0, 0.05) is 10.6 Å². The Balaban J connectivity index is 2.22. The SMILES string of the molecule is C=C(c1ccc2c(c1)SCC2)C(NCC)C(F)F. The van der Waals surface area contributed by atoms with Crippen molar-refractivity contribution in [3.8, 4) is 0 Å². The Morgan fingerprint density at radius 3 is 2.94 bits per heavy atom. The highest BCUT2D eigenvalue weighted by molar-refractivity contribution is 7.99. The number of hydrogen-bond donors (Lipinski definition) is 1. The van der Waals surface area contributed by atoms with E-state index < -0.39 is 12.5 Å². The Labute approximate surface area is 111 Å². The summed E-state index contributed by atoms with van der Waals surface area (Å²) in [6.45, 7) is 6.17. The van der Waals surface area contributed by atoms with E-state index in [0.717, 1.165) is 17.7 Å². The van der Waals surface area contributed by atoms with Crippen LogP contribution in [-0.2, 0) is 6.42 Å². The molecule has 1 aliphatic heterocycles. The summed E-state index contributed by atoms with van der Waals surface area (Å²) in [5, 5.41) is 2.79. The van der Waals surface area contributed by atoms with Crippen molar-refractivity contribution in [2.75, 3.05) is 12.3 Å². The van der Waals surface area contributed by atoms with Gasteiger partial charge in [-0.3, -0.25) is 0 Å². The summed E-state index contributed by atoms with van der Waals surface area (Å²) < 4.78 is 25.9. The maximum absolute atomic E-state index is 13.0. The van der Waals surface area contributed by atoms with Crippen LogP contribution >= 0.6 is 11.8 Å². The lowest BCUT2D eigenvalue weighted by molar-refractivity contribution is 0.122. The third-order valence-electron chi connectivity index (χ3n) is 3.12. The van der Waals surface area contributed by atoms with Crippen LogP contribution in [0.5, 0.6) is 0 Å². The molecule has 1 N–H and O–H groups in total. The van der Waals surface area contributed by atoms with Crippen molar-refractivity contribution in [1.29, 1.82) is 0 Å². The molecular weight excluding hydrogens is 252 g/mol. The molecule has 0 aromatic heterocycles. The van der Waals surface area contributed by atoms with Crippen molar-refractivity contribution in [3.05, 3.63) is 35.9 Å². The van der Waals surface area contributed by atoms with Gasteiger partial charge in [-0.25, -0.2) is 8.78 Å². The average Bonchev–Trinajstić information content (AvgIpc) is 2.81. The molecular formula is C14H17F2NS. The highest BCUT2D eigenvalue weighted by atomic mass is 32.2.